The lowest BCUT2D eigenvalue weighted by Gasteiger charge is -2.27. The second-order valence-corrected chi connectivity index (χ2v) is 7.31. The minimum absolute atomic E-state index is 0.267. The van der Waals surface area contributed by atoms with Crippen molar-refractivity contribution < 1.29 is 28.9 Å². The van der Waals surface area contributed by atoms with E-state index in [1.165, 1.54) is 0 Å². The van der Waals surface area contributed by atoms with E-state index >= 15 is 0 Å². The molecule has 0 amide bonds. The van der Waals surface area contributed by atoms with Gasteiger partial charge in [0.05, 0.1) is 6.61 Å². The fraction of sp³-hybridized carbons (Fsp3) is 0.938. The highest BCUT2D eigenvalue weighted by Crippen LogP contribution is 2.47. The molecule has 2 aliphatic carbocycles. The van der Waals surface area contributed by atoms with Crippen LogP contribution in [0.2, 0.25) is 0 Å². The molecule has 7 heteroatoms. The topological polar surface area (TPSA) is 78.7 Å². The van der Waals surface area contributed by atoms with Crippen LogP contribution in [0.25, 0.3) is 0 Å². The van der Waals surface area contributed by atoms with Gasteiger partial charge in [-0.25, -0.2) is 0 Å². The van der Waals surface area contributed by atoms with Crippen LogP contribution in [0.4, 0.5) is 0 Å². The first-order valence-electron chi connectivity index (χ1n) is 8.77. The van der Waals surface area contributed by atoms with E-state index in [2.05, 4.69) is 5.16 Å². The average Bonchev–Trinajstić information content (AvgIpc) is 3.33. The first-order valence-corrected chi connectivity index (χ1v) is 8.77. The van der Waals surface area contributed by atoms with Crippen LogP contribution in [-0.4, -0.2) is 53.7 Å². The van der Waals surface area contributed by atoms with Crippen LogP contribution in [0.1, 0.15) is 51.4 Å². The third-order valence-electron chi connectivity index (χ3n) is 5.84. The molecule has 5 aliphatic rings. The fourth-order valence-corrected chi connectivity index (χ4v) is 4.71. The molecule has 7 nitrogen and oxygen atoms in total. The Morgan fingerprint density at radius 3 is 2.26 bits per heavy atom. The number of nitrogens with zero attached hydrogens (tertiary/aromatic N) is 1. The molecular weight excluding hydrogens is 302 g/mol. The van der Waals surface area contributed by atoms with Crippen molar-refractivity contribution in [2.75, 3.05) is 6.61 Å². The van der Waals surface area contributed by atoms with E-state index in [0.717, 1.165) is 51.4 Å². The van der Waals surface area contributed by atoms with Crippen molar-refractivity contribution in [2.45, 2.75) is 87.5 Å². The van der Waals surface area contributed by atoms with Gasteiger partial charge in [0.15, 0.2) is 24.0 Å². The summed E-state index contributed by atoms with van der Waals surface area (Å²) in [6.45, 7) is 0.453. The highest BCUT2D eigenvalue weighted by molar-refractivity contribution is 5.95. The summed E-state index contributed by atoms with van der Waals surface area (Å²) >= 11 is 0. The van der Waals surface area contributed by atoms with E-state index in [1.54, 1.807) is 0 Å². The van der Waals surface area contributed by atoms with E-state index < -0.39 is 30.1 Å². The smallest absolute Gasteiger partial charge is 0.193 e. The molecule has 5 rings (SSSR count). The van der Waals surface area contributed by atoms with Gasteiger partial charge in [-0.2, -0.15) is 0 Å². The molecule has 0 bridgehead atoms. The summed E-state index contributed by atoms with van der Waals surface area (Å²) < 4.78 is 30.2. The molecule has 0 aromatic rings. The van der Waals surface area contributed by atoms with Crippen molar-refractivity contribution in [1.29, 1.82) is 0 Å². The quantitative estimate of drug-likeness (QED) is 0.586. The highest BCUT2D eigenvalue weighted by atomic mass is 16.8. The van der Waals surface area contributed by atoms with Crippen LogP contribution in [0.3, 0.4) is 0 Å². The van der Waals surface area contributed by atoms with Gasteiger partial charge < -0.3 is 28.9 Å². The Bertz CT molecular complexity index is 511. The molecule has 128 valence electrons. The molecule has 1 unspecified atom stereocenters. The number of hydrogen-bond acceptors (Lipinski definition) is 7. The zero-order valence-corrected chi connectivity index (χ0v) is 13.1. The zero-order chi connectivity index (χ0) is 15.5. The molecule has 0 aromatic carbocycles. The number of hydrogen-bond donors (Lipinski definition) is 1. The molecule has 3 aliphatic heterocycles. The van der Waals surface area contributed by atoms with Crippen molar-refractivity contribution in [3.05, 3.63) is 0 Å². The Balaban J connectivity index is 1.32. The molecule has 0 radical (unpaired) electrons. The second-order valence-electron chi connectivity index (χ2n) is 7.31. The van der Waals surface area contributed by atoms with Crippen LogP contribution in [0.15, 0.2) is 5.16 Å². The molecule has 23 heavy (non-hydrogen) atoms. The SMILES string of the molecule is O/N=C1/[C@H]2OC3(CCCC3)O[C@H]2O[C@@H]1C1COC2(CCCC2)O1. The predicted octanol–water partition coefficient (Wildman–Crippen LogP) is 1.91. The van der Waals surface area contributed by atoms with E-state index in [0.29, 0.717) is 12.3 Å². The number of rotatable bonds is 1. The predicted molar refractivity (Wildman–Crippen MR) is 77.1 cm³/mol. The molecule has 2 saturated carbocycles. The Hall–Kier alpha value is -0.730. The van der Waals surface area contributed by atoms with Gasteiger partial charge in [0.25, 0.3) is 0 Å². The summed E-state index contributed by atoms with van der Waals surface area (Å²) in [7, 11) is 0. The molecule has 3 saturated heterocycles. The van der Waals surface area contributed by atoms with E-state index in [-0.39, 0.29) is 6.10 Å². The highest BCUT2D eigenvalue weighted by Gasteiger charge is 2.60. The minimum Gasteiger partial charge on any atom is -0.411 e. The van der Waals surface area contributed by atoms with Crippen LogP contribution in [-0.2, 0) is 23.7 Å². The lowest BCUT2D eigenvalue weighted by atomic mass is 10.1. The standard InChI is InChI=1S/C16H23NO6/c18-17-11-12(10-9-19-15(21-10)5-1-2-6-15)20-14-13(11)22-16(23-14)7-3-4-8-16/h10,12-14,18H,1-9H2/b17-11+/t10?,12-,13-,14-/m1/s1. The maximum Gasteiger partial charge on any atom is 0.193 e. The van der Waals surface area contributed by atoms with Crippen molar-refractivity contribution >= 4 is 5.71 Å². The van der Waals surface area contributed by atoms with E-state index in [4.69, 9.17) is 23.7 Å². The van der Waals surface area contributed by atoms with Gasteiger partial charge in [0.1, 0.15) is 17.9 Å². The van der Waals surface area contributed by atoms with Crippen LogP contribution in [0, 0.1) is 0 Å². The number of fused-ring (bicyclic) bond motifs is 1. The third-order valence-corrected chi connectivity index (χ3v) is 5.84. The molecule has 2 spiro atoms. The summed E-state index contributed by atoms with van der Waals surface area (Å²) in [5.74, 6) is -1.00. The maximum absolute atomic E-state index is 9.51. The zero-order valence-electron chi connectivity index (χ0n) is 13.1. The van der Waals surface area contributed by atoms with Gasteiger partial charge in [-0.1, -0.05) is 5.16 Å². The molecule has 4 atom stereocenters. The lowest BCUT2D eigenvalue weighted by Crippen LogP contribution is -2.40. The summed E-state index contributed by atoms with van der Waals surface area (Å²) in [5, 5.41) is 13.0. The third kappa shape index (κ3) is 2.17. The molecule has 0 aromatic heterocycles. The Kier molecular flexibility index (Phi) is 3.26. The fourth-order valence-electron chi connectivity index (χ4n) is 4.71. The normalized spacial score (nSPS) is 45.7. The largest absolute Gasteiger partial charge is 0.411 e. The summed E-state index contributed by atoms with van der Waals surface area (Å²) in [5.41, 5.74) is 0.474. The van der Waals surface area contributed by atoms with Gasteiger partial charge in [-0.15, -0.1) is 0 Å². The summed E-state index contributed by atoms with van der Waals surface area (Å²) in [4.78, 5) is 0. The van der Waals surface area contributed by atoms with Crippen LogP contribution >= 0.6 is 0 Å². The Morgan fingerprint density at radius 2 is 1.57 bits per heavy atom. The molecular formula is C16H23NO6. The minimum atomic E-state index is -0.546. The molecule has 1 N–H and O–H groups in total. The summed E-state index contributed by atoms with van der Waals surface area (Å²) in [6, 6.07) is 0. The first kappa shape index (κ1) is 14.6. The van der Waals surface area contributed by atoms with Gasteiger partial charge in [0.2, 0.25) is 0 Å². The molecule has 3 heterocycles. The number of ether oxygens (including phenoxy) is 5. The number of oxime groups is 1. The van der Waals surface area contributed by atoms with Crippen molar-refractivity contribution in [3.8, 4) is 0 Å². The van der Waals surface area contributed by atoms with E-state index in [9.17, 15) is 5.21 Å². The van der Waals surface area contributed by atoms with Gasteiger partial charge >= 0.3 is 0 Å². The monoisotopic (exact) mass is 325 g/mol. The van der Waals surface area contributed by atoms with E-state index in [1.807, 2.05) is 0 Å². The van der Waals surface area contributed by atoms with Crippen LogP contribution in [0.5, 0.6) is 0 Å². The maximum atomic E-state index is 9.51. The van der Waals surface area contributed by atoms with Gasteiger partial charge in [0, 0.05) is 25.7 Å². The van der Waals surface area contributed by atoms with Crippen LogP contribution < -0.4 is 0 Å². The van der Waals surface area contributed by atoms with Gasteiger partial charge in [-0.3, -0.25) is 0 Å². The van der Waals surface area contributed by atoms with Crippen molar-refractivity contribution in [1.82, 2.24) is 0 Å². The van der Waals surface area contributed by atoms with Gasteiger partial charge in [-0.05, 0) is 25.7 Å². The second kappa shape index (κ2) is 5.13. The molecule has 5 fully saturated rings. The van der Waals surface area contributed by atoms with Crippen molar-refractivity contribution in [2.24, 2.45) is 5.16 Å². The Labute approximate surface area is 134 Å². The summed E-state index contributed by atoms with van der Waals surface area (Å²) in [6.07, 6.45) is 6.35. The Morgan fingerprint density at radius 1 is 0.870 bits per heavy atom. The average molecular weight is 325 g/mol. The first-order chi connectivity index (χ1) is 11.2. The van der Waals surface area contributed by atoms with Crippen molar-refractivity contribution in [3.63, 3.8) is 0 Å². The lowest BCUT2D eigenvalue weighted by molar-refractivity contribution is -0.225.